The molecule has 0 aromatic carbocycles. The van der Waals surface area contributed by atoms with Gasteiger partial charge < -0.3 is 5.73 Å². The first kappa shape index (κ1) is 12.5. The van der Waals surface area contributed by atoms with Crippen LogP contribution in [0.1, 0.15) is 61.8 Å². The maximum absolute atomic E-state index is 5.69. The summed E-state index contributed by atoms with van der Waals surface area (Å²) in [5.74, 6) is 1.71. The van der Waals surface area contributed by atoms with E-state index in [-0.39, 0.29) is 0 Å². The Labute approximate surface area is 104 Å². The Morgan fingerprint density at radius 3 is 2.06 bits per heavy atom. The van der Waals surface area contributed by atoms with Gasteiger partial charge in [0.25, 0.3) is 0 Å². The molecule has 1 fully saturated rings. The number of rotatable bonds is 5. The second kappa shape index (κ2) is 5.58. The molecule has 0 atom stereocenters. The highest BCUT2D eigenvalue weighted by Gasteiger charge is 2.24. The molecule has 94 valence electrons. The van der Waals surface area contributed by atoms with Crippen LogP contribution < -0.4 is 5.73 Å². The first-order chi connectivity index (χ1) is 8.30. The third-order valence-electron chi connectivity index (χ3n) is 3.73. The molecule has 0 unspecified atom stereocenters. The van der Waals surface area contributed by atoms with Crippen molar-refractivity contribution in [3.8, 4) is 0 Å². The summed E-state index contributed by atoms with van der Waals surface area (Å²) >= 11 is 0. The molecular weight excluding hydrogens is 210 g/mol. The maximum Gasteiger partial charge on any atom is 0.131 e. The van der Waals surface area contributed by atoms with Crippen LogP contribution in [-0.2, 0) is 19.3 Å². The molecule has 1 aromatic heterocycles. The third-order valence-corrected chi connectivity index (χ3v) is 3.73. The summed E-state index contributed by atoms with van der Waals surface area (Å²) in [6.07, 6.45) is 6.76. The first-order valence-electron chi connectivity index (χ1n) is 6.88. The molecular formula is C14H23N3. The van der Waals surface area contributed by atoms with Gasteiger partial charge in [0, 0.05) is 17.3 Å². The third kappa shape index (κ3) is 2.49. The minimum Gasteiger partial charge on any atom is -0.330 e. The summed E-state index contributed by atoms with van der Waals surface area (Å²) in [6, 6.07) is 0. The summed E-state index contributed by atoms with van der Waals surface area (Å²) in [6.45, 7) is 5.03. The van der Waals surface area contributed by atoms with Crippen LogP contribution in [0.3, 0.4) is 0 Å². The molecule has 0 spiro atoms. The highest BCUT2D eigenvalue weighted by atomic mass is 14.9. The van der Waals surface area contributed by atoms with Gasteiger partial charge in [0.05, 0.1) is 0 Å². The Morgan fingerprint density at radius 2 is 1.71 bits per heavy atom. The van der Waals surface area contributed by atoms with Crippen molar-refractivity contribution in [3.63, 3.8) is 0 Å². The largest absolute Gasteiger partial charge is 0.330 e. The van der Waals surface area contributed by atoms with Crippen molar-refractivity contribution in [3.05, 3.63) is 22.8 Å². The van der Waals surface area contributed by atoms with Gasteiger partial charge in [-0.05, 0) is 44.2 Å². The zero-order valence-electron chi connectivity index (χ0n) is 11.0. The predicted molar refractivity (Wildman–Crippen MR) is 70.1 cm³/mol. The van der Waals surface area contributed by atoms with E-state index in [9.17, 15) is 0 Å². The van der Waals surface area contributed by atoms with Gasteiger partial charge in [-0.25, -0.2) is 9.97 Å². The van der Waals surface area contributed by atoms with E-state index in [0.29, 0.717) is 12.5 Å². The van der Waals surface area contributed by atoms with Crippen LogP contribution in [0.5, 0.6) is 0 Å². The van der Waals surface area contributed by atoms with E-state index in [1.54, 1.807) is 0 Å². The summed E-state index contributed by atoms with van der Waals surface area (Å²) in [5.41, 5.74) is 9.45. The fraction of sp³-hybridized carbons (Fsp3) is 0.714. The van der Waals surface area contributed by atoms with Crippen LogP contribution in [0.15, 0.2) is 0 Å². The molecule has 1 aliphatic rings. The fourth-order valence-electron chi connectivity index (χ4n) is 2.47. The summed E-state index contributed by atoms with van der Waals surface area (Å²) < 4.78 is 0. The molecule has 1 heterocycles. The van der Waals surface area contributed by atoms with Gasteiger partial charge in [-0.15, -0.1) is 0 Å². The molecule has 2 N–H and O–H groups in total. The molecule has 1 aromatic rings. The molecule has 0 amide bonds. The molecule has 0 saturated heterocycles. The molecule has 0 aliphatic heterocycles. The van der Waals surface area contributed by atoms with Crippen molar-refractivity contribution in [2.45, 2.75) is 58.3 Å². The lowest BCUT2D eigenvalue weighted by Crippen LogP contribution is -2.18. The van der Waals surface area contributed by atoms with Gasteiger partial charge in [0.1, 0.15) is 5.82 Å². The average molecular weight is 233 g/mol. The normalized spacial score (nSPS) is 15.9. The van der Waals surface area contributed by atoms with Gasteiger partial charge in [0.2, 0.25) is 0 Å². The van der Waals surface area contributed by atoms with E-state index < -0.39 is 0 Å². The van der Waals surface area contributed by atoms with Crippen LogP contribution >= 0.6 is 0 Å². The second-order valence-corrected chi connectivity index (χ2v) is 4.83. The van der Waals surface area contributed by atoms with Crippen LogP contribution in [0, 0.1) is 0 Å². The lowest BCUT2D eigenvalue weighted by Gasteiger charge is -2.25. The lowest BCUT2D eigenvalue weighted by molar-refractivity contribution is 0.399. The first-order valence-corrected chi connectivity index (χ1v) is 6.88. The molecule has 17 heavy (non-hydrogen) atoms. The minimum atomic E-state index is 0.623. The number of aromatic nitrogens is 2. The Bertz CT molecular complexity index is 358. The second-order valence-electron chi connectivity index (χ2n) is 4.83. The molecule has 0 bridgehead atoms. The van der Waals surface area contributed by atoms with Crippen LogP contribution in [0.4, 0.5) is 0 Å². The topological polar surface area (TPSA) is 51.8 Å². The lowest BCUT2D eigenvalue weighted by atomic mass is 9.84. The van der Waals surface area contributed by atoms with E-state index in [0.717, 1.165) is 25.1 Å². The highest BCUT2D eigenvalue weighted by molar-refractivity contribution is 5.28. The van der Waals surface area contributed by atoms with E-state index in [2.05, 4.69) is 13.8 Å². The monoisotopic (exact) mass is 233 g/mol. The summed E-state index contributed by atoms with van der Waals surface area (Å²) in [5, 5.41) is 0. The van der Waals surface area contributed by atoms with Crippen LogP contribution in [-0.4, -0.2) is 16.5 Å². The summed E-state index contributed by atoms with van der Waals surface area (Å²) in [4.78, 5) is 9.55. The highest BCUT2D eigenvalue weighted by Crippen LogP contribution is 2.35. The van der Waals surface area contributed by atoms with E-state index in [4.69, 9.17) is 15.7 Å². The van der Waals surface area contributed by atoms with Gasteiger partial charge in [-0.2, -0.15) is 0 Å². The standard InChI is InChI=1S/C14H23N3/c1-3-12-11(8-9-15)13(4-2)17-14(16-12)10-6-5-7-10/h10H,3-9,15H2,1-2H3. The van der Waals surface area contributed by atoms with E-state index in [1.165, 1.54) is 36.2 Å². The SMILES string of the molecule is CCc1nc(C2CCC2)nc(CC)c1CCN. The number of hydrogen-bond acceptors (Lipinski definition) is 3. The van der Waals surface area contributed by atoms with Gasteiger partial charge >= 0.3 is 0 Å². The summed E-state index contributed by atoms with van der Waals surface area (Å²) in [7, 11) is 0. The number of nitrogens with two attached hydrogens (primary N) is 1. The molecule has 0 radical (unpaired) electrons. The smallest absolute Gasteiger partial charge is 0.131 e. The fourth-order valence-corrected chi connectivity index (χ4v) is 2.47. The van der Waals surface area contributed by atoms with Crippen LogP contribution in [0.25, 0.3) is 0 Å². The Kier molecular flexibility index (Phi) is 4.11. The minimum absolute atomic E-state index is 0.623. The Hall–Kier alpha value is -0.960. The number of hydrogen-bond donors (Lipinski definition) is 1. The van der Waals surface area contributed by atoms with Gasteiger partial charge in [-0.1, -0.05) is 20.3 Å². The van der Waals surface area contributed by atoms with Crippen molar-refractivity contribution in [2.24, 2.45) is 5.73 Å². The number of nitrogens with zero attached hydrogens (tertiary/aromatic N) is 2. The maximum atomic E-state index is 5.69. The van der Waals surface area contributed by atoms with Crippen molar-refractivity contribution < 1.29 is 0 Å². The molecule has 3 heteroatoms. The van der Waals surface area contributed by atoms with Gasteiger partial charge in [0.15, 0.2) is 0 Å². The van der Waals surface area contributed by atoms with Crippen molar-refractivity contribution in [1.29, 1.82) is 0 Å². The van der Waals surface area contributed by atoms with Crippen molar-refractivity contribution >= 4 is 0 Å². The Balaban J connectivity index is 2.37. The van der Waals surface area contributed by atoms with E-state index in [1.807, 2.05) is 0 Å². The predicted octanol–water partition coefficient (Wildman–Crippen LogP) is 2.37. The molecule has 2 rings (SSSR count). The number of aryl methyl sites for hydroxylation is 2. The average Bonchev–Trinajstić information content (AvgIpc) is 2.28. The van der Waals surface area contributed by atoms with Crippen LogP contribution in [0.2, 0.25) is 0 Å². The Morgan fingerprint density at radius 1 is 1.12 bits per heavy atom. The molecule has 3 nitrogen and oxygen atoms in total. The molecule has 1 aliphatic carbocycles. The van der Waals surface area contributed by atoms with E-state index >= 15 is 0 Å². The molecule has 1 saturated carbocycles. The van der Waals surface area contributed by atoms with Crippen molar-refractivity contribution in [2.75, 3.05) is 6.54 Å². The van der Waals surface area contributed by atoms with Crippen molar-refractivity contribution in [1.82, 2.24) is 9.97 Å². The zero-order chi connectivity index (χ0) is 12.3. The quantitative estimate of drug-likeness (QED) is 0.849. The zero-order valence-corrected chi connectivity index (χ0v) is 11.0. The van der Waals surface area contributed by atoms with Gasteiger partial charge in [-0.3, -0.25) is 0 Å².